The third-order valence-electron chi connectivity index (χ3n) is 9.49. The van der Waals surface area contributed by atoms with Crippen LogP contribution < -0.4 is 25.4 Å². The van der Waals surface area contributed by atoms with E-state index in [2.05, 4.69) is 33.8 Å². The van der Waals surface area contributed by atoms with Crippen LogP contribution in [0.4, 0.5) is 4.79 Å². The van der Waals surface area contributed by atoms with Crippen molar-refractivity contribution in [3.8, 4) is 16.3 Å². The van der Waals surface area contributed by atoms with Gasteiger partial charge in [0.05, 0.1) is 22.2 Å². The molecule has 5 atom stereocenters. The Morgan fingerprint density at radius 2 is 1.85 bits per heavy atom. The molecule has 3 heterocycles. The number of thiophene rings is 1. The van der Waals surface area contributed by atoms with Gasteiger partial charge in [-0.3, -0.25) is 23.9 Å². The number of fused-ring (bicyclic) bond motifs is 1. The van der Waals surface area contributed by atoms with Crippen LogP contribution in [0.1, 0.15) is 46.5 Å². The van der Waals surface area contributed by atoms with Crippen molar-refractivity contribution >= 4 is 62.0 Å². The number of hydrogen-bond acceptors (Lipinski definition) is 11. The topological polar surface area (TPSA) is 202 Å². The third kappa shape index (κ3) is 8.99. The van der Waals surface area contributed by atoms with Crippen LogP contribution in [0, 0.1) is 5.92 Å². The maximum Gasteiger partial charge on any atom is 0.408 e. The Morgan fingerprint density at radius 3 is 2.49 bits per heavy atom. The van der Waals surface area contributed by atoms with Crippen LogP contribution in [0.2, 0.25) is 0 Å². The SMILES string of the molecule is C=CC(=O)NC[C@H](NC(=O)OC(C)(C)C)C(=O)N1C[C@H](Oc2cc3ccccc3nc2-c2cccs2)C[C@H]1C(=O)N[C@]1(C(=O)NS(=O)(=O)C2CC2)CC1C=C. The van der Waals surface area contributed by atoms with Crippen molar-refractivity contribution in [2.45, 2.75) is 81.0 Å². The van der Waals surface area contributed by atoms with Crippen molar-refractivity contribution in [2.75, 3.05) is 13.1 Å². The molecule has 2 saturated carbocycles. The van der Waals surface area contributed by atoms with Crippen LogP contribution in [-0.4, -0.2) is 95.7 Å². The fourth-order valence-corrected chi connectivity index (χ4v) is 8.56. The number of nitrogens with one attached hydrogen (secondary N) is 4. The lowest BCUT2D eigenvalue weighted by atomic mass is 10.1. The quantitative estimate of drug-likeness (QED) is 0.139. The molecule has 15 nitrogen and oxygen atoms in total. The number of pyridine rings is 1. The molecule has 2 aliphatic carbocycles. The summed E-state index contributed by atoms with van der Waals surface area (Å²) in [4.78, 5) is 74.3. The summed E-state index contributed by atoms with van der Waals surface area (Å²) in [6.07, 6.45) is 1.65. The second-order valence-electron chi connectivity index (χ2n) is 14.8. The number of hydrogen-bond donors (Lipinski definition) is 4. The van der Waals surface area contributed by atoms with E-state index in [1.165, 1.54) is 22.3 Å². The molecule has 17 heteroatoms. The van der Waals surface area contributed by atoms with Gasteiger partial charge in [0.2, 0.25) is 27.7 Å². The second-order valence-corrected chi connectivity index (χ2v) is 17.7. The number of alkyl carbamates (subject to hydrolysis) is 1. The van der Waals surface area contributed by atoms with Crippen molar-refractivity contribution < 1.29 is 41.9 Å². The first kappa shape index (κ1) is 39.4. The van der Waals surface area contributed by atoms with Crippen LogP contribution in [0.3, 0.4) is 0 Å². The van der Waals surface area contributed by atoms with E-state index >= 15 is 0 Å². The predicted molar refractivity (Wildman–Crippen MR) is 205 cm³/mol. The Labute approximate surface area is 323 Å². The van der Waals surface area contributed by atoms with Crippen LogP contribution in [0.25, 0.3) is 21.5 Å². The molecule has 3 aliphatic rings. The number of likely N-dealkylation sites (tertiary alicyclic amines) is 1. The lowest BCUT2D eigenvalue weighted by Gasteiger charge is -2.30. The molecule has 3 fully saturated rings. The second kappa shape index (κ2) is 15.5. The average Bonchev–Trinajstić information content (AvgIpc) is 4.00. The lowest BCUT2D eigenvalue weighted by Crippen LogP contribution is -2.59. The molecule has 0 bridgehead atoms. The fourth-order valence-electron chi connectivity index (χ4n) is 6.47. The van der Waals surface area contributed by atoms with Gasteiger partial charge in [-0.05, 0) is 69.7 Å². The Hall–Kier alpha value is -5.29. The maximum atomic E-state index is 14.5. The van der Waals surface area contributed by atoms with Gasteiger partial charge in [0, 0.05) is 24.3 Å². The summed E-state index contributed by atoms with van der Waals surface area (Å²) in [7, 11) is -3.94. The van der Waals surface area contributed by atoms with Crippen molar-refractivity contribution in [3.63, 3.8) is 0 Å². The summed E-state index contributed by atoms with van der Waals surface area (Å²) < 4.78 is 39.5. The summed E-state index contributed by atoms with van der Waals surface area (Å²) in [5.41, 5.74) is -1.23. The zero-order valence-corrected chi connectivity index (χ0v) is 32.3. The molecule has 0 spiro atoms. The zero-order chi connectivity index (χ0) is 39.7. The summed E-state index contributed by atoms with van der Waals surface area (Å²) in [6, 6.07) is 10.5. The van der Waals surface area contributed by atoms with Gasteiger partial charge in [-0.15, -0.1) is 17.9 Å². The van der Waals surface area contributed by atoms with E-state index in [-0.39, 0.29) is 25.9 Å². The normalized spacial score (nSPS) is 22.5. The van der Waals surface area contributed by atoms with Gasteiger partial charge in [0.25, 0.3) is 5.91 Å². The van der Waals surface area contributed by atoms with Crippen molar-refractivity contribution in [1.29, 1.82) is 0 Å². The van der Waals surface area contributed by atoms with E-state index in [4.69, 9.17) is 14.5 Å². The van der Waals surface area contributed by atoms with Gasteiger partial charge in [-0.2, -0.15) is 0 Å². The third-order valence-corrected chi connectivity index (χ3v) is 12.2. The molecule has 2 aromatic heterocycles. The molecule has 1 aromatic carbocycles. The predicted octanol–water partition coefficient (Wildman–Crippen LogP) is 3.18. The highest BCUT2D eigenvalue weighted by Gasteiger charge is 2.62. The summed E-state index contributed by atoms with van der Waals surface area (Å²) in [5, 5.41) is 9.81. The van der Waals surface area contributed by atoms with E-state index in [9.17, 15) is 32.4 Å². The first-order chi connectivity index (χ1) is 26.0. The monoisotopic (exact) mass is 792 g/mol. The largest absolute Gasteiger partial charge is 0.486 e. The average molecular weight is 793 g/mol. The van der Waals surface area contributed by atoms with Crippen molar-refractivity contribution in [3.05, 3.63) is 73.2 Å². The zero-order valence-electron chi connectivity index (χ0n) is 30.7. The molecule has 1 saturated heterocycles. The van der Waals surface area contributed by atoms with Crippen LogP contribution >= 0.6 is 11.3 Å². The molecule has 3 aromatic rings. The van der Waals surface area contributed by atoms with Crippen LogP contribution in [-0.2, 0) is 33.9 Å². The summed E-state index contributed by atoms with van der Waals surface area (Å²) >= 11 is 1.46. The van der Waals surface area contributed by atoms with E-state index in [1.807, 2.05) is 47.8 Å². The van der Waals surface area contributed by atoms with Crippen LogP contribution in [0.15, 0.2) is 73.2 Å². The van der Waals surface area contributed by atoms with Crippen LogP contribution in [0.5, 0.6) is 5.75 Å². The number of para-hydroxylation sites is 1. The molecular formula is C38H44N6O9S2. The van der Waals surface area contributed by atoms with Gasteiger partial charge in [-0.25, -0.2) is 18.2 Å². The van der Waals surface area contributed by atoms with Gasteiger partial charge in [0.15, 0.2) is 0 Å². The lowest BCUT2D eigenvalue weighted by molar-refractivity contribution is -0.141. The van der Waals surface area contributed by atoms with Crippen molar-refractivity contribution in [1.82, 2.24) is 30.6 Å². The highest BCUT2D eigenvalue weighted by Crippen LogP contribution is 2.45. The smallest absolute Gasteiger partial charge is 0.408 e. The van der Waals surface area contributed by atoms with E-state index in [0.29, 0.717) is 24.3 Å². The molecule has 4 N–H and O–H groups in total. The molecule has 5 amide bonds. The molecule has 1 unspecified atom stereocenters. The Morgan fingerprint density at radius 1 is 1.11 bits per heavy atom. The number of ether oxygens (including phenoxy) is 2. The summed E-state index contributed by atoms with van der Waals surface area (Å²) in [6.45, 7) is 11.6. The van der Waals surface area contributed by atoms with E-state index in [1.54, 1.807) is 20.8 Å². The van der Waals surface area contributed by atoms with E-state index < -0.39 is 80.2 Å². The molecule has 55 heavy (non-hydrogen) atoms. The minimum Gasteiger partial charge on any atom is -0.486 e. The summed E-state index contributed by atoms with van der Waals surface area (Å²) in [5.74, 6) is -3.15. The first-order valence-electron chi connectivity index (χ1n) is 17.8. The Balaban J connectivity index is 1.32. The fraction of sp³-hybridized carbons (Fsp3) is 0.421. The van der Waals surface area contributed by atoms with Gasteiger partial charge in [0.1, 0.15) is 40.8 Å². The molecule has 292 valence electrons. The highest BCUT2D eigenvalue weighted by molar-refractivity contribution is 7.91. The van der Waals surface area contributed by atoms with Gasteiger partial charge >= 0.3 is 6.09 Å². The number of benzene rings is 1. The number of aromatic nitrogens is 1. The van der Waals surface area contributed by atoms with Crippen molar-refractivity contribution in [2.24, 2.45) is 5.92 Å². The number of rotatable bonds is 14. The standard InChI is InChI=1S/C38H44N6O9S2/c1-6-23-19-38(23,35(48)43-55(50,51)25-14-15-25)42-33(46)28-18-24(52-29-17-22-11-8-9-12-26(22)40-32(29)30-13-10-16-54-30)21-44(28)34(47)27(20-39-31(45)7-2)41-36(49)53-37(3,4)5/h6-13,16-17,23-25,27-28H,1-2,14-15,18-21H2,3-5H3,(H,39,45)(H,41,49)(H,42,46)(H,43,48)/t23?,24-,27+,28+,38-/m1/s1. The number of carbonyl (C=O) groups excluding carboxylic acids is 5. The number of carbonyl (C=O) groups is 5. The minimum absolute atomic E-state index is 0.0523. The molecule has 6 rings (SSSR count). The number of nitrogens with zero attached hydrogens (tertiary/aromatic N) is 2. The van der Waals surface area contributed by atoms with Gasteiger partial charge < -0.3 is 30.3 Å². The highest BCUT2D eigenvalue weighted by atomic mass is 32.2. The number of amides is 5. The Kier molecular flexibility index (Phi) is 11.1. The number of sulfonamides is 1. The molecular weight excluding hydrogens is 749 g/mol. The molecule has 1 aliphatic heterocycles. The Bertz CT molecular complexity index is 2130. The first-order valence-corrected chi connectivity index (χ1v) is 20.3. The molecule has 0 radical (unpaired) electrons. The van der Waals surface area contributed by atoms with Gasteiger partial charge in [-0.1, -0.05) is 36.9 Å². The maximum absolute atomic E-state index is 14.5. The van der Waals surface area contributed by atoms with E-state index in [0.717, 1.165) is 21.9 Å². The minimum atomic E-state index is -3.94.